The Morgan fingerprint density at radius 2 is 1.18 bits per heavy atom. The zero-order valence-electron chi connectivity index (χ0n) is 17.4. The lowest BCUT2D eigenvalue weighted by molar-refractivity contribution is 0.680. The minimum atomic E-state index is 0.379. The van der Waals surface area contributed by atoms with Crippen molar-refractivity contribution in [1.82, 2.24) is 29.5 Å². The second kappa shape index (κ2) is 9.13. The summed E-state index contributed by atoms with van der Waals surface area (Å²) in [5.41, 5.74) is 2.58. The Balaban J connectivity index is 1.61. The van der Waals surface area contributed by atoms with Crippen LogP contribution in [-0.4, -0.2) is 29.5 Å². The molecule has 2 aromatic heterocycles. The molecule has 3 aromatic rings. The van der Waals surface area contributed by atoms with Gasteiger partial charge in [-0.2, -0.15) is 0 Å². The van der Waals surface area contributed by atoms with Gasteiger partial charge in [-0.3, -0.25) is 0 Å². The first kappa shape index (κ1) is 20.9. The molecule has 0 bridgehead atoms. The molecule has 0 aliphatic heterocycles. The summed E-state index contributed by atoms with van der Waals surface area (Å²) in [4.78, 5) is 0. The summed E-state index contributed by atoms with van der Waals surface area (Å²) in [6.07, 6.45) is 0. The Morgan fingerprint density at radius 3 is 1.54 bits per heavy atom. The van der Waals surface area contributed by atoms with Crippen molar-refractivity contribution in [3.63, 3.8) is 0 Å². The van der Waals surface area contributed by atoms with E-state index in [1.165, 1.54) is 11.1 Å². The van der Waals surface area contributed by atoms with E-state index in [1.54, 1.807) is 23.5 Å². The monoisotopic (exact) mass is 416 g/mol. The van der Waals surface area contributed by atoms with Crippen LogP contribution in [0.2, 0.25) is 0 Å². The quantitative estimate of drug-likeness (QED) is 0.493. The number of benzene rings is 1. The molecule has 2 heterocycles. The topological polar surface area (TPSA) is 61.4 Å². The van der Waals surface area contributed by atoms with Crippen molar-refractivity contribution < 1.29 is 0 Å². The van der Waals surface area contributed by atoms with Gasteiger partial charge >= 0.3 is 0 Å². The van der Waals surface area contributed by atoms with Crippen LogP contribution in [0.5, 0.6) is 0 Å². The number of rotatable bonds is 8. The second-order valence-electron chi connectivity index (χ2n) is 7.51. The Kier molecular flexibility index (Phi) is 6.82. The molecule has 0 N–H and O–H groups in total. The lowest BCUT2D eigenvalue weighted by atomic mass is 10.2. The van der Waals surface area contributed by atoms with Gasteiger partial charge in [-0.05, 0) is 11.1 Å². The lowest BCUT2D eigenvalue weighted by Gasteiger charge is -2.08. The number of thioether (sulfide) groups is 2. The zero-order chi connectivity index (χ0) is 20.3. The third-order valence-electron chi connectivity index (χ3n) is 4.50. The summed E-state index contributed by atoms with van der Waals surface area (Å²) in [5, 5.41) is 19.2. The van der Waals surface area contributed by atoms with Gasteiger partial charge in [0, 0.05) is 37.4 Å². The Bertz CT molecular complexity index is 857. The van der Waals surface area contributed by atoms with Gasteiger partial charge in [0.2, 0.25) is 0 Å². The van der Waals surface area contributed by atoms with Crippen LogP contribution in [0.15, 0.2) is 34.6 Å². The van der Waals surface area contributed by atoms with Crippen LogP contribution in [0, 0.1) is 0 Å². The van der Waals surface area contributed by atoms with Gasteiger partial charge in [0.15, 0.2) is 10.3 Å². The summed E-state index contributed by atoms with van der Waals surface area (Å²) < 4.78 is 4.19. The minimum absolute atomic E-state index is 0.379. The molecule has 0 aliphatic carbocycles. The van der Waals surface area contributed by atoms with E-state index < -0.39 is 0 Å². The van der Waals surface area contributed by atoms with E-state index in [-0.39, 0.29) is 0 Å². The lowest BCUT2D eigenvalue weighted by Crippen LogP contribution is -2.01. The van der Waals surface area contributed by atoms with E-state index in [2.05, 4.69) is 81.5 Å². The largest absolute Gasteiger partial charge is 0.309 e. The first-order valence-electron chi connectivity index (χ1n) is 9.48. The standard InChI is InChI=1S/C20H28N6S2/c1-13(2)17-21-23-19(25(17)5)27-11-15-8-7-9-16(10-15)12-28-20-24-22-18(14(3)4)26(20)6/h7-10,13-14H,11-12H2,1-6H3. The Labute approximate surface area is 175 Å². The van der Waals surface area contributed by atoms with Gasteiger partial charge in [0.05, 0.1) is 0 Å². The molecule has 0 radical (unpaired) electrons. The fourth-order valence-electron chi connectivity index (χ4n) is 3.01. The van der Waals surface area contributed by atoms with Crippen molar-refractivity contribution in [3.05, 3.63) is 47.0 Å². The highest BCUT2D eigenvalue weighted by Crippen LogP contribution is 2.26. The average Bonchev–Trinajstić information content (AvgIpc) is 3.21. The SMILES string of the molecule is CC(C)c1nnc(SCc2cccc(CSc3nnc(C(C)C)n3C)c2)n1C. The Morgan fingerprint density at radius 1 is 0.750 bits per heavy atom. The van der Waals surface area contributed by atoms with E-state index >= 15 is 0 Å². The summed E-state index contributed by atoms with van der Waals surface area (Å²) in [7, 11) is 4.08. The smallest absolute Gasteiger partial charge is 0.191 e. The number of aromatic nitrogens is 6. The van der Waals surface area contributed by atoms with E-state index in [1.807, 2.05) is 14.1 Å². The predicted molar refractivity (Wildman–Crippen MR) is 116 cm³/mol. The summed E-state index contributed by atoms with van der Waals surface area (Å²) >= 11 is 3.45. The highest BCUT2D eigenvalue weighted by atomic mass is 32.2. The van der Waals surface area contributed by atoms with Gasteiger partial charge in [-0.25, -0.2) is 0 Å². The predicted octanol–water partition coefficient (Wildman–Crippen LogP) is 4.78. The molecular weight excluding hydrogens is 388 g/mol. The van der Waals surface area contributed by atoms with E-state index in [0.717, 1.165) is 33.5 Å². The fourth-order valence-corrected chi connectivity index (χ4v) is 4.74. The minimum Gasteiger partial charge on any atom is -0.309 e. The molecule has 6 nitrogen and oxygen atoms in total. The maximum Gasteiger partial charge on any atom is 0.191 e. The molecule has 150 valence electrons. The fraction of sp³-hybridized carbons (Fsp3) is 0.500. The molecule has 0 saturated carbocycles. The normalized spacial score (nSPS) is 11.7. The molecule has 0 aliphatic rings. The van der Waals surface area contributed by atoms with Crippen molar-refractivity contribution in [2.24, 2.45) is 14.1 Å². The van der Waals surface area contributed by atoms with E-state index in [4.69, 9.17) is 0 Å². The van der Waals surface area contributed by atoms with Gasteiger partial charge in [-0.1, -0.05) is 75.5 Å². The van der Waals surface area contributed by atoms with Crippen molar-refractivity contribution in [2.45, 2.75) is 61.3 Å². The van der Waals surface area contributed by atoms with Gasteiger partial charge in [0.25, 0.3) is 0 Å². The first-order chi connectivity index (χ1) is 13.4. The molecular formula is C20H28N6S2. The van der Waals surface area contributed by atoms with Gasteiger partial charge in [0.1, 0.15) is 11.6 Å². The second-order valence-corrected chi connectivity index (χ2v) is 9.39. The molecule has 0 amide bonds. The van der Waals surface area contributed by atoms with Gasteiger partial charge < -0.3 is 9.13 Å². The van der Waals surface area contributed by atoms with Crippen LogP contribution < -0.4 is 0 Å². The van der Waals surface area contributed by atoms with Crippen LogP contribution >= 0.6 is 23.5 Å². The molecule has 0 unspecified atom stereocenters. The third kappa shape index (κ3) is 4.78. The number of hydrogen-bond acceptors (Lipinski definition) is 6. The summed E-state index contributed by atoms with van der Waals surface area (Å²) in [6.45, 7) is 8.56. The van der Waals surface area contributed by atoms with Crippen molar-refractivity contribution in [3.8, 4) is 0 Å². The maximum atomic E-state index is 4.33. The van der Waals surface area contributed by atoms with Crippen LogP contribution in [0.4, 0.5) is 0 Å². The molecule has 8 heteroatoms. The van der Waals surface area contributed by atoms with Crippen molar-refractivity contribution in [2.75, 3.05) is 0 Å². The summed E-state index contributed by atoms with van der Waals surface area (Å²) in [6, 6.07) is 8.72. The highest BCUT2D eigenvalue weighted by Gasteiger charge is 2.13. The van der Waals surface area contributed by atoms with Crippen LogP contribution in [0.1, 0.15) is 62.3 Å². The zero-order valence-corrected chi connectivity index (χ0v) is 19.0. The number of hydrogen-bond donors (Lipinski definition) is 0. The number of nitrogens with zero attached hydrogens (tertiary/aromatic N) is 6. The molecule has 0 fully saturated rings. The average molecular weight is 417 g/mol. The molecule has 0 saturated heterocycles. The molecule has 0 atom stereocenters. The molecule has 28 heavy (non-hydrogen) atoms. The highest BCUT2D eigenvalue weighted by molar-refractivity contribution is 7.98. The van der Waals surface area contributed by atoms with Crippen molar-refractivity contribution in [1.29, 1.82) is 0 Å². The van der Waals surface area contributed by atoms with Crippen molar-refractivity contribution >= 4 is 23.5 Å². The molecule has 3 rings (SSSR count). The van der Waals surface area contributed by atoms with E-state index in [9.17, 15) is 0 Å². The summed E-state index contributed by atoms with van der Waals surface area (Å²) in [5.74, 6) is 4.57. The van der Waals surface area contributed by atoms with Gasteiger partial charge in [-0.15, -0.1) is 20.4 Å². The van der Waals surface area contributed by atoms with Crippen LogP contribution in [0.3, 0.4) is 0 Å². The van der Waals surface area contributed by atoms with Crippen LogP contribution in [0.25, 0.3) is 0 Å². The third-order valence-corrected chi connectivity index (χ3v) is 6.68. The molecule has 1 aromatic carbocycles. The first-order valence-corrected chi connectivity index (χ1v) is 11.5. The van der Waals surface area contributed by atoms with E-state index in [0.29, 0.717) is 11.8 Å². The van der Waals surface area contributed by atoms with Crippen LogP contribution in [-0.2, 0) is 25.6 Å². The maximum absolute atomic E-state index is 4.33. The molecule has 0 spiro atoms. The Hall–Kier alpha value is -1.80.